The molecule has 0 saturated carbocycles. The number of amides is 2. The monoisotopic (exact) mass is 568 g/mol. The van der Waals surface area contributed by atoms with Crippen molar-refractivity contribution in [3.8, 4) is 5.75 Å². The SMILES string of the molecule is O=C(/C=C/c1ccc(Cl)cc1)Oc1ccccc1C=NNC(=O)c1cccc(NC(=O)c2ccc([N+](=O)[O-])cc2)c1. The first kappa shape index (κ1) is 28.4. The highest BCUT2D eigenvalue weighted by molar-refractivity contribution is 6.30. The molecule has 204 valence electrons. The van der Waals surface area contributed by atoms with Crippen molar-refractivity contribution in [2.45, 2.75) is 0 Å². The Morgan fingerprint density at radius 1 is 0.854 bits per heavy atom. The Morgan fingerprint density at radius 3 is 2.32 bits per heavy atom. The molecular weight excluding hydrogens is 548 g/mol. The Balaban J connectivity index is 1.36. The minimum Gasteiger partial charge on any atom is -0.423 e. The van der Waals surface area contributed by atoms with Gasteiger partial charge in [0.25, 0.3) is 17.5 Å². The van der Waals surface area contributed by atoms with E-state index in [9.17, 15) is 24.5 Å². The smallest absolute Gasteiger partial charge is 0.336 e. The van der Waals surface area contributed by atoms with Crippen LogP contribution in [0.25, 0.3) is 6.08 Å². The van der Waals surface area contributed by atoms with Crippen LogP contribution >= 0.6 is 11.6 Å². The molecule has 0 atom stereocenters. The number of para-hydroxylation sites is 1. The topological polar surface area (TPSA) is 140 Å². The molecule has 0 radical (unpaired) electrons. The van der Waals surface area contributed by atoms with Gasteiger partial charge in [-0.05, 0) is 66.2 Å². The van der Waals surface area contributed by atoms with Gasteiger partial charge in [-0.1, -0.05) is 41.9 Å². The summed E-state index contributed by atoms with van der Waals surface area (Å²) in [6, 6.07) is 24.9. The van der Waals surface area contributed by atoms with Crippen LogP contribution in [-0.2, 0) is 4.79 Å². The zero-order valence-electron chi connectivity index (χ0n) is 21.2. The number of halogens is 1. The molecule has 0 aliphatic heterocycles. The van der Waals surface area contributed by atoms with Crippen LogP contribution in [0.3, 0.4) is 0 Å². The lowest BCUT2D eigenvalue weighted by molar-refractivity contribution is -0.384. The molecular formula is C30H21ClN4O6. The first-order valence-corrected chi connectivity index (χ1v) is 12.4. The minimum atomic E-state index is -0.600. The van der Waals surface area contributed by atoms with Gasteiger partial charge in [-0.3, -0.25) is 19.7 Å². The van der Waals surface area contributed by atoms with E-state index in [1.165, 1.54) is 48.7 Å². The number of anilines is 1. The maximum atomic E-state index is 12.6. The Kier molecular flexibility index (Phi) is 9.32. The lowest BCUT2D eigenvalue weighted by Gasteiger charge is -2.07. The van der Waals surface area contributed by atoms with Crippen molar-refractivity contribution in [1.82, 2.24) is 5.43 Å². The predicted octanol–water partition coefficient (Wildman–Crippen LogP) is 5.88. The van der Waals surface area contributed by atoms with Gasteiger partial charge in [-0.2, -0.15) is 5.10 Å². The predicted molar refractivity (Wildman–Crippen MR) is 155 cm³/mol. The third-order valence-electron chi connectivity index (χ3n) is 5.50. The molecule has 41 heavy (non-hydrogen) atoms. The number of nitro groups is 1. The number of nitrogens with zero attached hydrogens (tertiary/aromatic N) is 2. The number of non-ortho nitro benzene ring substituents is 1. The Bertz CT molecular complexity index is 1650. The summed E-state index contributed by atoms with van der Waals surface area (Å²) in [5.41, 5.74) is 4.27. The Labute approximate surface area is 239 Å². The van der Waals surface area contributed by atoms with Gasteiger partial charge in [0.15, 0.2) is 0 Å². The summed E-state index contributed by atoms with van der Waals surface area (Å²) in [6.45, 7) is 0. The highest BCUT2D eigenvalue weighted by Gasteiger charge is 2.12. The summed E-state index contributed by atoms with van der Waals surface area (Å²) in [5, 5.41) is 18.0. The minimum absolute atomic E-state index is 0.132. The highest BCUT2D eigenvalue weighted by Crippen LogP contribution is 2.18. The molecule has 0 spiro atoms. The summed E-state index contributed by atoms with van der Waals surface area (Å²) < 4.78 is 5.41. The lowest BCUT2D eigenvalue weighted by Crippen LogP contribution is -2.18. The molecule has 2 amide bonds. The molecule has 0 aliphatic rings. The molecule has 0 aliphatic carbocycles. The third kappa shape index (κ3) is 8.19. The largest absolute Gasteiger partial charge is 0.423 e. The zero-order chi connectivity index (χ0) is 29.2. The second-order valence-corrected chi connectivity index (χ2v) is 8.82. The molecule has 2 N–H and O–H groups in total. The van der Waals surface area contributed by atoms with Crippen molar-refractivity contribution >= 4 is 53.0 Å². The van der Waals surface area contributed by atoms with Crippen LogP contribution in [-0.4, -0.2) is 28.9 Å². The number of benzene rings is 4. The number of nitro benzene ring substituents is 1. The van der Waals surface area contributed by atoms with Gasteiger partial charge < -0.3 is 10.1 Å². The van der Waals surface area contributed by atoms with Gasteiger partial charge in [-0.25, -0.2) is 10.2 Å². The molecule has 4 rings (SSSR count). The number of hydrazone groups is 1. The number of hydrogen-bond donors (Lipinski definition) is 2. The van der Waals surface area contributed by atoms with Gasteiger partial charge in [0, 0.05) is 45.6 Å². The number of hydrogen-bond acceptors (Lipinski definition) is 7. The highest BCUT2D eigenvalue weighted by atomic mass is 35.5. The number of carbonyl (C=O) groups excluding carboxylic acids is 3. The molecule has 0 fully saturated rings. The normalized spacial score (nSPS) is 10.9. The summed E-state index contributed by atoms with van der Waals surface area (Å²) in [4.78, 5) is 47.7. The average Bonchev–Trinajstić information content (AvgIpc) is 2.98. The van der Waals surface area contributed by atoms with Gasteiger partial charge in [0.1, 0.15) is 5.75 Å². The number of ether oxygens (including phenoxy) is 1. The van der Waals surface area contributed by atoms with Gasteiger partial charge >= 0.3 is 5.97 Å². The third-order valence-corrected chi connectivity index (χ3v) is 5.76. The van der Waals surface area contributed by atoms with Crippen LogP contribution in [0.2, 0.25) is 5.02 Å². The molecule has 11 heteroatoms. The molecule has 0 heterocycles. The van der Waals surface area contributed by atoms with E-state index in [2.05, 4.69) is 15.8 Å². The van der Waals surface area contributed by atoms with E-state index in [0.717, 1.165) is 5.56 Å². The molecule has 0 aromatic heterocycles. The van der Waals surface area contributed by atoms with Crippen LogP contribution in [0.15, 0.2) is 108 Å². The number of rotatable bonds is 9. The Morgan fingerprint density at radius 2 is 1.59 bits per heavy atom. The van der Waals surface area contributed by atoms with Gasteiger partial charge in [0.2, 0.25) is 0 Å². The standard InChI is InChI=1S/C30H21ClN4O6/c31-24-13-8-20(9-14-24)10-17-28(36)41-27-7-2-1-4-23(27)19-32-34-30(38)22-5-3-6-25(18-22)33-29(37)21-11-15-26(16-12-21)35(39)40/h1-19H,(H,33,37)(H,34,38)/b17-10+,32-19?. The van der Waals surface area contributed by atoms with Gasteiger partial charge in [0.05, 0.1) is 11.1 Å². The molecule has 4 aromatic carbocycles. The quantitative estimate of drug-likeness (QED) is 0.0645. The summed E-state index contributed by atoms with van der Waals surface area (Å²) in [7, 11) is 0. The maximum absolute atomic E-state index is 12.6. The fourth-order valence-electron chi connectivity index (χ4n) is 3.46. The Hall–Kier alpha value is -5.61. The molecule has 10 nitrogen and oxygen atoms in total. The van der Waals surface area contributed by atoms with E-state index in [1.807, 2.05) is 0 Å². The maximum Gasteiger partial charge on any atom is 0.336 e. The van der Waals surface area contributed by atoms with Crippen LogP contribution in [0, 0.1) is 10.1 Å². The van der Waals surface area contributed by atoms with E-state index in [0.29, 0.717) is 16.3 Å². The fourth-order valence-corrected chi connectivity index (χ4v) is 3.59. The first-order chi connectivity index (χ1) is 19.8. The van der Waals surface area contributed by atoms with Crippen molar-refractivity contribution in [1.29, 1.82) is 0 Å². The van der Waals surface area contributed by atoms with E-state index in [4.69, 9.17) is 16.3 Å². The van der Waals surface area contributed by atoms with Crippen molar-refractivity contribution in [2.75, 3.05) is 5.32 Å². The van der Waals surface area contributed by atoms with Crippen molar-refractivity contribution in [3.63, 3.8) is 0 Å². The summed E-state index contributed by atoms with van der Waals surface area (Å²) in [6.07, 6.45) is 4.22. The number of nitrogens with one attached hydrogen (secondary N) is 2. The first-order valence-electron chi connectivity index (χ1n) is 12.0. The van der Waals surface area contributed by atoms with Crippen molar-refractivity contribution in [2.24, 2.45) is 5.10 Å². The molecule has 0 saturated heterocycles. The van der Waals surface area contributed by atoms with Crippen molar-refractivity contribution < 1.29 is 24.0 Å². The average molecular weight is 569 g/mol. The van der Waals surface area contributed by atoms with Gasteiger partial charge in [-0.15, -0.1) is 0 Å². The van der Waals surface area contributed by atoms with E-state index in [-0.39, 0.29) is 22.6 Å². The fraction of sp³-hybridized carbons (Fsp3) is 0. The number of esters is 1. The summed E-state index contributed by atoms with van der Waals surface area (Å²) >= 11 is 5.87. The molecule has 0 unspecified atom stereocenters. The van der Waals surface area contributed by atoms with Crippen molar-refractivity contribution in [3.05, 3.63) is 141 Å². The molecule has 4 aromatic rings. The van der Waals surface area contributed by atoms with E-state index < -0.39 is 22.7 Å². The van der Waals surface area contributed by atoms with Crippen LogP contribution in [0.1, 0.15) is 31.8 Å². The van der Waals surface area contributed by atoms with E-state index >= 15 is 0 Å². The number of carbonyl (C=O) groups is 3. The summed E-state index contributed by atoms with van der Waals surface area (Å²) in [5.74, 6) is -1.40. The van der Waals surface area contributed by atoms with Crippen LogP contribution < -0.4 is 15.5 Å². The lowest BCUT2D eigenvalue weighted by atomic mass is 10.1. The van der Waals surface area contributed by atoms with Crippen LogP contribution in [0.5, 0.6) is 5.75 Å². The van der Waals surface area contributed by atoms with Crippen LogP contribution in [0.4, 0.5) is 11.4 Å². The second kappa shape index (κ2) is 13.5. The zero-order valence-corrected chi connectivity index (χ0v) is 21.9. The second-order valence-electron chi connectivity index (χ2n) is 8.38. The van der Waals surface area contributed by atoms with E-state index in [1.54, 1.807) is 66.7 Å². The molecule has 0 bridgehead atoms.